The van der Waals surface area contributed by atoms with E-state index >= 15 is 0 Å². The maximum absolute atomic E-state index is 11.7. The van der Waals surface area contributed by atoms with Gasteiger partial charge in [0.2, 0.25) is 0 Å². The Kier molecular flexibility index (Phi) is 8.11. The standard InChI is InChI=1S/C15H30N2O3/c1-5-16-14(15(18)20-4)8-9-17(10-11-19-3)12(2)13-6-7-13/h12-14,16H,5-11H2,1-4H3. The maximum Gasteiger partial charge on any atom is 0.322 e. The number of methoxy groups -OCH3 is 2. The van der Waals surface area contributed by atoms with Gasteiger partial charge in [0.15, 0.2) is 0 Å². The first-order chi connectivity index (χ1) is 9.63. The van der Waals surface area contributed by atoms with E-state index in [0.29, 0.717) is 6.04 Å². The molecule has 0 aromatic carbocycles. The highest BCUT2D eigenvalue weighted by atomic mass is 16.5. The molecule has 20 heavy (non-hydrogen) atoms. The molecular formula is C15H30N2O3. The van der Waals surface area contributed by atoms with Gasteiger partial charge in [0.05, 0.1) is 13.7 Å². The lowest BCUT2D eigenvalue weighted by molar-refractivity contribution is -0.143. The number of carbonyl (C=O) groups is 1. The molecule has 2 unspecified atom stereocenters. The van der Waals surface area contributed by atoms with Gasteiger partial charge in [0.25, 0.3) is 0 Å². The summed E-state index contributed by atoms with van der Waals surface area (Å²) in [5.41, 5.74) is 0. The summed E-state index contributed by atoms with van der Waals surface area (Å²) in [5, 5.41) is 3.20. The molecule has 1 rings (SSSR count). The largest absolute Gasteiger partial charge is 0.468 e. The number of likely N-dealkylation sites (N-methyl/N-ethyl adjacent to an activating group) is 1. The third-order valence-corrected chi connectivity index (χ3v) is 4.10. The fraction of sp³-hybridized carbons (Fsp3) is 0.933. The molecule has 1 saturated carbocycles. The smallest absolute Gasteiger partial charge is 0.322 e. The number of esters is 1. The van der Waals surface area contributed by atoms with E-state index in [2.05, 4.69) is 17.1 Å². The lowest BCUT2D eigenvalue weighted by Gasteiger charge is -2.30. The van der Waals surface area contributed by atoms with Crippen molar-refractivity contribution in [1.29, 1.82) is 0 Å². The van der Waals surface area contributed by atoms with Gasteiger partial charge in [0.1, 0.15) is 6.04 Å². The van der Waals surface area contributed by atoms with Crippen LogP contribution in [-0.4, -0.2) is 63.4 Å². The molecule has 1 fully saturated rings. The van der Waals surface area contributed by atoms with E-state index in [9.17, 15) is 4.79 Å². The second-order valence-electron chi connectivity index (χ2n) is 5.53. The topological polar surface area (TPSA) is 50.8 Å². The van der Waals surface area contributed by atoms with Gasteiger partial charge in [0, 0.05) is 26.2 Å². The average molecular weight is 286 g/mol. The minimum absolute atomic E-state index is 0.169. The van der Waals surface area contributed by atoms with Crippen LogP contribution in [0.3, 0.4) is 0 Å². The van der Waals surface area contributed by atoms with Crippen molar-refractivity contribution in [2.75, 3.05) is 40.5 Å². The molecule has 0 radical (unpaired) electrons. The molecule has 2 atom stereocenters. The van der Waals surface area contributed by atoms with Crippen molar-refractivity contribution in [3.63, 3.8) is 0 Å². The minimum atomic E-state index is -0.207. The number of ether oxygens (including phenoxy) is 2. The molecule has 0 aromatic heterocycles. The van der Waals surface area contributed by atoms with Crippen LogP contribution >= 0.6 is 0 Å². The molecule has 5 heteroatoms. The molecule has 0 heterocycles. The van der Waals surface area contributed by atoms with Gasteiger partial charge in [-0.25, -0.2) is 0 Å². The molecule has 118 valence electrons. The third kappa shape index (κ3) is 5.77. The van der Waals surface area contributed by atoms with Gasteiger partial charge < -0.3 is 14.8 Å². The van der Waals surface area contributed by atoms with Crippen LogP contribution in [0, 0.1) is 5.92 Å². The van der Waals surface area contributed by atoms with Crippen molar-refractivity contribution in [3.8, 4) is 0 Å². The summed E-state index contributed by atoms with van der Waals surface area (Å²) in [4.78, 5) is 14.2. The second-order valence-corrected chi connectivity index (χ2v) is 5.53. The van der Waals surface area contributed by atoms with Crippen LogP contribution in [0.4, 0.5) is 0 Å². The van der Waals surface area contributed by atoms with Crippen molar-refractivity contribution in [3.05, 3.63) is 0 Å². The SMILES string of the molecule is CCNC(CCN(CCOC)C(C)C1CC1)C(=O)OC. The molecule has 0 aliphatic heterocycles. The summed E-state index contributed by atoms with van der Waals surface area (Å²) in [6, 6.07) is 0.367. The Morgan fingerprint density at radius 3 is 2.55 bits per heavy atom. The van der Waals surface area contributed by atoms with Crippen molar-refractivity contribution < 1.29 is 14.3 Å². The van der Waals surface area contributed by atoms with Crippen LogP contribution in [0.25, 0.3) is 0 Å². The van der Waals surface area contributed by atoms with E-state index in [-0.39, 0.29) is 12.0 Å². The Morgan fingerprint density at radius 2 is 2.05 bits per heavy atom. The normalized spacial score (nSPS) is 18.1. The van der Waals surface area contributed by atoms with E-state index in [4.69, 9.17) is 9.47 Å². The van der Waals surface area contributed by atoms with Crippen LogP contribution < -0.4 is 5.32 Å². The molecule has 1 aliphatic rings. The number of hydrogen-bond acceptors (Lipinski definition) is 5. The molecule has 0 amide bonds. The van der Waals surface area contributed by atoms with Crippen molar-refractivity contribution in [2.24, 2.45) is 5.92 Å². The number of nitrogens with zero attached hydrogens (tertiary/aromatic N) is 1. The van der Waals surface area contributed by atoms with E-state index < -0.39 is 0 Å². The quantitative estimate of drug-likeness (QED) is 0.580. The first-order valence-electron chi connectivity index (χ1n) is 7.68. The predicted octanol–water partition coefficient (Wildman–Crippen LogP) is 1.27. The predicted molar refractivity (Wildman–Crippen MR) is 79.7 cm³/mol. The molecule has 1 aliphatic carbocycles. The molecule has 0 aromatic rings. The van der Waals surface area contributed by atoms with Gasteiger partial charge >= 0.3 is 5.97 Å². The minimum Gasteiger partial charge on any atom is -0.468 e. The van der Waals surface area contributed by atoms with E-state index in [1.165, 1.54) is 20.0 Å². The highest BCUT2D eigenvalue weighted by molar-refractivity contribution is 5.75. The highest BCUT2D eigenvalue weighted by Crippen LogP contribution is 2.35. The summed E-state index contributed by atoms with van der Waals surface area (Å²) in [5.74, 6) is 0.653. The second kappa shape index (κ2) is 9.32. The molecule has 0 bridgehead atoms. The summed E-state index contributed by atoms with van der Waals surface area (Å²) in [6.07, 6.45) is 3.44. The van der Waals surface area contributed by atoms with Crippen molar-refractivity contribution in [2.45, 2.75) is 45.2 Å². The molecule has 0 spiro atoms. The lowest BCUT2D eigenvalue weighted by atomic mass is 10.1. The first kappa shape index (κ1) is 17.4. The third-order valence-electron chi connectivity index (χ3n) is 4.10. The van der Waals surface area contributed by atoms with E-state index in [1.54, 1.807) is 7.11 Å². The van der Waals surface area contributed by atoms with Crippen LogP contribution in [0.5, 0.6) is 0 Å². The Hall–Kier alpha value is -0.650. The Labute approximate surface area is 123 Å². The number of rotatable bonds is 11. The Balaban J connectivity index is 2.47. The zero-order chi connectivity index (χ0) is 15.0. The molecule has 0 saturated heterocycles. The van der Waals surface area contributed by atoms with Crippen molar-refractivity contribution >= 4 is 5.97 Å². The summed E-state index contributed by atoms with van der Waals surface area (Å²) < 4.78 is 10.1. The van der Waals surface area contributed by atoms with Crippen LogP contribution in [-0.2, 0) is 14.3 Å². The van der Waals surface area contributed by atoms with E-state index in [1.807, 2.05) is 6.92 Å². The van der Waals surface area contributed by atoms with Crippen LogP contribution in [0.2, 0.25) is 0 Å². The van der Waals surface area contributed by atoms with Gasteiger partial charge in [-0.1, -0.05) is 6.92 Å². The summed E-state index contributed by atoms with van der Waals surface area (Å²) in [6.45, 7) is 7.62. The molecular weight excluding hydrogens is 256 g/mol. The van der Waals surface area contributed by atoms with Crippen molar-refractivity contribution in [1.82, 2.24) is 10.2 Å². The number of hydrogen-bond donors (Lipinski definition) is 1. The summed E-state index contributed by atoms with van der Waals surface area (Å²) >= 11 is 0. The first-order valence-corrected chi connectivity index (χ1v) is 7.68. The fourth-order valence-corrected chi connectivity index (χ4v) is 2.59. The van der Waals surface area contributed by atoms with Crippen LogP contribution in [0.15, 0.2) is 0 Å². The highest BCUT2D eigenvalue weighted by Gasteiger charge is 2.32. The average Bonchev–Trinajstić information content (AvgIpc) is 3.29. The van der Waals surface area contributed by atoms with E-state index in [0.717, 1.165) is 38.6 Å². The van der Waals surface area contributed by atoms with Crippen LogP contribution in [0.1, 0.15) is 33.1 Å². The Bertz CT molecular complexity index is 282. The van der Waals surface area contributed by atoms with Gasteiger partial charge in [-0.3, -0.25) is 9.69 Å². The van der Waals surface area contributed by atoms with Gasteiger partial charge in [-0.05, 0) is 38.6 Å². The van der Waals surface area contributed by atoms with Gasteiger partial charge in [-0.2, -0.15) is 0 Å². The number of carbonyl (C=O) groups excluding carboxylic acids is 1. The Morgan fingerprint density at radius 1 is 1.35 bits per heavy atom. The summed E-state index contributed by atoms with van der Waals surface area (Å²) in [7, 11) is 3.18. The molecule has 1 N–H and O–H groups in total. The fourth-order valence-electron chi connectivity index (χ4n) is 2.59. The maximum atomic E-state index is 11.7. The lowest BCUT2D eigenvalue weighted by Crippen LogP contribution is -2.44. The zero-order valence-electron chi connectivity index (χ0n) is 13.4. The van der Waals surface area contributed by atoms with Gasteiger partial charge in [-0.15, -0.1) is 0 Å². The number of nitrogens with one attached hydrogen (secondary N) is 1. The monoisotopic (exact) mass is 286 g/mol. The molecule has 5 nitrogen and oxygen atoms in total. The zero-order valence-corrected chi connectivity index (χ0v) is 13.4.